The number of carbonyl (C=O) groups excluding carboxylic acids is 1. The SMILES string of the molecule is CC[C@@](C)(C#N)NC(=O)c1ccc2c(c1)OCCO2. The molecule has 100 valence electrons. The van der Waals surface area contributed by atoms with E-state index in [9.17, 15) is 4.79 Å². The highest BCUT2D eigenvalue weighted by Gasteiger charge is 2.25. The summed E-state index contributed by atoms with van der Waals surface area (Å²) in [4.78, 5) is 12.1. The van der Waals surface area contributed by atoms with Crippen LogP contribution in [0.4, 0.5) is 0 Å². The second kappa shape index (κ2) is 5.19. The summed E-state index contributed by atoms with van der Waals surface area (Å²) in [7, 11) is 0. The van der Waals surface area contributed by atoms with Crippen molar-refractivity contribution >= 4 is 5.91 Å². The molecule has 0 aliphatic carbocycles. The number of benzene rings is 1. The molecular formula is C14H16N2O3. The number of nitrogens with one attached hydrogen (secondary N) is 1. The van der Waals surface area contributed by atoms with E-state index < -0.39 is 5.54 Å². The average molecular weight is 260 g/mol. The summed E-state index contributed by atoms with van der Waals surface area (Å²) in [5, 5.41) is 11.8. The number of hydrogen-bond acceptors (Lipinski definition) is 4. The molecule has 1 aliphatic rings. The Balaban J connectivity index is 2.18. The third kappa shape index (κ3) is 2.79. The number of nitriles is 1. The zero-order valence-corrected chi connectivity index (χ0v) is 11.0. The third-order valence-corrected chi connectivity index (χ3v) is 3.15. The van der Waals surface area contributed by atoms with Gasteiger partial charge in [0.15, 0.2) is 11.5 Å². The first kappa shape index (κ1) is 13.2. The average Bonchev–Trinajstić information content (AvgIpc) is 2.46. The first-order chi connectivity index (χ1) is 9.08. The van der Waals surface area contributed by atoms with Crippen LogP contribution in [0.15, 0.2) is 18.2 Å². The van der Waals surface area contributed by atoms with Crippen LogP contribution in [0, 0.1) is 11.3 Å². The Morgan fingerprint density at radius 3 is 2.74 bits per heavy atom. The highest BCUT2D eigenvalue weighted by Crippen LogP contribution is 2.30. The Labute approximate surface area is 112 Å². The Morgan fingerprint density at radius 1 is 1.42 bits per heavy atom. The molecule has 5 heteroatoms. The molecule has 0 fully saturated rings. The molecule has 19 heavy (non-hydrogen) atoms. The molecule has 0 radical (unpaired) electrons. The molecule has 0 aromatic heterocycles. The molecule has 2 rings (SSSR count). The maximum atomic E-state index is 12.1. The fraction of sp³-hybridized carbons (Fsp3) is 0.429. The fourth-order valence-corrected chi connectivity index (χ4v) is 1.70. The van der Waals surface area contributed by atoms with Gasteiger partial charge in [0.25, 0.3) is 5.91 Å². The molecule has 0 spiro atoms. The molecule has 0 saturated carbocycles. The molecule has 1 atom stereocenters. The Morgan fingerprint density at radius 2 is 2.11 bits per heavy atom. The van der Waals surface area contributed by atoms with Gasteiger partial charge in [-0.3, -0.25) is 4.79 Å². The van der Waals surface area contributed by atoms with Gasteiger partial charge in [-0.05, 0) is 31.5 Å². The van der Waals surface area contributed by atoms with Crippen LogP contribution >= 0.6 is 0 Å². The van der Waals surface area contributed by atoms with Crippen molar-refractivity contribution in [2.24, 2.45) is 0 Å². The molecule has 0 unspecified atom stereocenters. The van der Waals surface area contributed by atoms with Crippen molar-refractivity contribution in [1.82, 2.24) is 5.32 Å². The smallest absolute Gasteiger partial charge is 0.252 e. The van der Waals surface area contributed by atoms with E-state index in [1.54, 1.807) is 25.1 Å². The van der Waals surface area contributed by atoms with Gasteiger partial charge >= 0.3 is 0 Å². The van der Waals surface area contributed by atoms with E-state index >= 15 is 0 Å². The summed E-state index contributed by atoms with van der Waals surface area (Å²) in [6.45, 7) is 4.54. The van der Waals surface area contributed by atoms with E-state index in [4.69, 9.17) is 14.7 Å². The summed E-state index contributed by atoms with van der Waals surface area (Å²) in [5.74, 6) is 0.915. The number of nitrogens with zero attached hydrogens (tertiary/aromatic N) is 1. The zero-order valence-electron chi connectivity index (χ0n) is 11.0. The first-order valence-electron chi connectivity index (χ1n) is 6.21. The topological polar surface area (TPSA) is 71.4 Å². The lowest BCUT2D eigenvalue weighted by atomic mass is 10.0. The Kier molecular flexibility index (Phi) is 3.61. The Bertz CT molecular complexity index is 536. The predicted molar refractivity (Wildman–Crippen MR) is 69.2 cm³/mol. The maximum absolute atomic E-state index is 12.1. The van der Waals surface area contributed by atoms with Crippen molar-refractivity contribution in [3.05, 3.63) is 23.8 Å². The van der Waals surface area contributed by atoms with Crippen LogP contribution in [0.2, 0.25) is 0 Å². The van der Waals surface area contributed by atoms with Crippen LogP contribution in [-0.2, 0) is 0 Å². The van der Waals surface area contributed by atoms with Gasteiger partial charge in [0.05, 0.1) is 6.07 Å². The van der Waals surface area contributed by atoms with E-state index in [2.05, 4.69) is 11.4 Å². The van der Waals surface area contributed by atoms with Gasteiger partial charge in [0, 0.05) is 5.56 Å². The molecule has 1 aromatic rings. The number of rotatable bonds is 3. The minimum Gasteiger partial charge on any atom is -0.486 e. The Hall–Kier alpha value is -2.22. The van der Waals surface area contributed by atoms with Gasteiger partial charge in [0.2, 0.25) is 0 Å². The summed E-state index contributed by atoms with van der Waals surface area (Å²) >= 11 is 0. The summed E-state index contributed by atoms with van der Waals surface area (Å²) in [6.07, 6.45) is 0.541. The van der Waals surface area contributed by atoms with Gasteiger partial charge in [-0.15, -0.1) is 0 Å². The molecule has 0 saturated heterocycles. The van der Waals surface area contributed by atoms with Gasteiger partial charge in [-0.25, -0.2) is 0 Å². The van der Waals surface area contributed by atoms with Crippen molar-refractivity contribution in [1.29, 1.82) is 5.26 Å². The van der Waals surface area contributed by atoms with Gasteiger partial charge in [-0.1, -0.05) is 6.92 Å². The summed E-state index contributed by atoms with van der Waals surface area (Å²) in [5.41, 5.74) is -0.399. The lowest BCUT2D eigenvalue weighted by molar-refractivity contribution is 0.0922. The number of hydrogen-bond donors (Lipinski definition) is 1. The normalized spacial score (nSPS) is 16.1. The standard InChI is InChI=1S/C14H16N2O3/c1-3-14(2,9-15)16-13(17)10-4-5-11-12(8-10)19-7-6-18-11/h4-5,8H,3,6-7H2,1-2H3,(H,16,17)/t14-/m0/s1. The number of amides is 1. The third-order valence-electron chi connectivity index (χ3n) is 3.15. The quantitative estimate of drug-likeness (QED) is 0.900. The van der Waals surface area contributed by atoms with Gasteiger partial charge < -0.3 is 14.8 Å². The highest BCUT2D eigenvalue weighted by molar-refractivity contribution is 5.95. The van der Waals surface area contributed by atoms with E-state index in [-0.39, 0.29) is 5.91 Å². The summed E-state index contributed by atoms with van der Waals surface area (Å²) < 4.78 is 10.8. The zero-order chi connectivity index (χ0) is 13.9. The van der Waals surface area contributed by atoms with Gasteiger partial charge in [0.1, 0.15) is 18.8 Å². The molecule has 1 aromatic carbocycles. The van der Waals surface area contributed by atoms with E-state index in [0.29, 0.717) is 36.7 Å². The minimum absolute atomic E-state index is 0.289. The van der Waals surface area contributed by atoms with Crippen LogP contribution < -0.4 is 14.8 Å². The molecule has 1 aliphatic heterocycles. The van der Waals surface area contributed by atoms with Crippen molar-refractivity contribution in [3.8, 4) is 17.6 Å². The molecule has 1 amide bonds. The largest absolute Gasteiger partial charge is 0.486 e. The molecule has 5 nitrogen and oxygen atoms in total. The van der Waals surface area contributed by atoms with Crippen LogP contribution in [-0.4, -0.2) is 24.7 Å². The summed E-state index contributed by atoms with van der Waals surface area (Å²) in [6, 6.07) is 7.11. The van der Waals surface area contributed by atoms with E-state index in [1.165, 1.54) is 0 Å². The van der Waals surface area contributed by atoms with Crippen molar-refractivity contribution < 1.29 is 14.3 Å². The molecule has 1 N–H and O–H groups in total. The van der Waals surface area contributed by atoms with E-state index in [1.807, 2.05) is 6.92 Å². The van der Waals surface area contributed by atoms with Crippen LogP contribution in [0.3, 0.4) is 0 Å². The van der Waals surface area contributed by atoms with E-state index in [0.717, 1.165) is 0 Å². The van der Waals surface area contributed by atoms with Gasteiger partial charge in [-0.2, -0.15) is 5.26 Å². The predicted octanol–water partition coefficient (Wildman–Crippen LogP) is 1.88. The maximum Gasteiger partial charge on any atom is 0.252 e. The van der Waals surface area contributed by atoms with Crippen LogP contribution in [0.1, 0.15) is 30.6 Å². The monoisotopic (exact) mass is 260 g/mol. The molecule has 1 heterocycles. The van der Waals surface area contributed by atoms with Crippen molar-refractivity contribution in [3.63, 3.8) is 0 Å². The second-order valence-corrected chi connectivity index (χ2v) is 4.61. The van der Waals surface area contributed by atoms with Crippen molar-refractivity contribution in [2.45, 2.75) is 25.8 Å². The number of ether oxygens (including phenoxy) is 2. The number of fused-ring (bicyclic) bond motifs is 1. The minimum atomic E-state index is -0.857. The molecular weight excluding hydrogens is 244 g/mol. The number of carbonyl (C=O) groups is 1. The first-order valence-corrected chi connectivity index (χ1v) is 6.21. The lowest BCUT2D eigenvalue weighted by Crippen LogP contribution is -2.44. The lowest BCUT2D eigenvalue weighted by Gasteiger charge is -2.22. The van der Waals surface area contributed by atoms with Crippen molar-refractivity contribution in [2.75, 3.05) is 13.2 Å². The second-order valence-electron chi connectivity index (χ2n) is 4.61. The van der Waals surface area contributed by atoms with Crippen LogP contribution in [0.5, 0.6) is 11.5 Å². The van der Waals surface area contributed by atoms with Crippen LogP contribution in [0.25, 0.3) is 0 Å². The molecule has 0 bridgehead atoms. The fourth-order valence-electron chi connectivity index (χ4n) is 1.70. The highest BCUT2D eigenvalue weighted by atomic mass is 16.6.